The zero-order valence-corrected chi connectivity index (χ0v) is 19.1. The molecule has 4 nitrogen and oxygen atoms in total. The van der Waals surface area contributed by atoms with Crippen molar-refractivity contribution in [2.75, 3.05) is 13.2 Å². The van der Waals surface area contributed by atoms with Gasteiger partial charge in [-0.1, -0.05) is 36.4 Å². The first kappa shape index (κ1) is 23.0. The van der Waals surface area contributed by atoms with Gasteiger partial charge >= 0.3 is 5.97 Å². The van der Waals surface area contributed by atoms with Crippen LogP contribution in [0.5, 0.6) is 5.75 Å². The van der Waals surface area contributed by atoms with Crippen LogP contribution in [0.3, 0.4) is 0 Å². The lowest BCUT2D eigenvalue weighted by atomic mass is 9.90. The van der Waals surface area contributed by atoms with Crippen LogP contribution in [0.1, 0.15) is 52.3 Å². The molecule has 0 amide bonds. The van der Waals surface area contributed by atoms with Gasteiger partial charge in [-0.05, 0) is 72.5 Å². The molecule has 0 saturated carbocycles. The summed E-state index contributed by atoms with van der Waals surface area (Å²) in [5, 5.41) is 14.0. The monoisotopic (exact) mass is 437 g/mol. The van der Waals surface area contributed by atoms with Crippen molar-refractivity contribution in [1.29, 1.82) is 0 Å². The first-order valence-electron chi connectivity index (χ1n) is 10.8. The zero-order chi connectivity index (χ0) is 22.1. The zero-order valence-electron chi connectivity index (χ0n) is 18.3. The van der Waals surface area contributed by atoms with Gasteiger partial charge in [-0.15, -0.1) is 11.3 Å². The molecule has 1 heterocycles. The van der Waals surface area contributed by atoms with Crippen molar-refractivity contribution in [3.05, 3.63) is 87.1 Å². The third-order valence-corrected chi connectivity index (χ3v) is 6.48. The third kappa shape index (κ3) is 7.23. The fourth-order valence-corrected chi connectivity index (χ4v) is 4.44. The summed E-state index contributed by atoms with van der Waals surface area (Å²) >= 11 is 1.82. The molecular weight excluding hydrogens is 406 g/mol. The van der Waals surface area contributed by atoms with Crippen molar-refractivity contribution in [1.82, 2.24) is 5.32 Å². The van der Waals surface area contributed by atoms with E-state index in [1.165, 1.54) is 21.6 Å². The Hall–Kier alpha value is -2.63. The Kier molecular flexibility index (Phi) is 8.68. The van der Waals surface area contributed by atoms with E-state index in [9.17, 15) is 4.79 Å². The topological polar surface area (TPSA) is 58.6 Å². The summed E-state index contributed by atoms with van der Waals surface area (Å²) in [7, 11) is 0. The quantitative estimate of drug-likeness (QED) is 0.345. The number of hydrogen-bond acceptors (Lipinski definition) is 4. The van der Waals surface area contributed by atoms with E-state index in [4.69, 9.17) is 9.84 Å². The normalized spacial score (nSPS) is 11.9. The van der Waals surface area contributed by atoms with Gasteiger partial charge in [-0.2, -0.15) is 0 Å². The number of hydrogen-bond donors (Lipinski definition) is 2. The van der Waals surface area contributed by atoms with Crippen LogP contribution in [0.2, 0.25) is 0 Å². The van der Waals surface area contributed by atoms with E-state index >= 15 is 0 Å². The molecule has 2 N–H and O–H groups in total. The van der Waals surface area contributed by atoms with E-state index in [0.717, 1.165) is 24.2 Å². The highest BCUT2D eigenvalue weighted by Gasteiger charge is 2.16. The van der Waals surface area contributed by atoms with Gasteiger partial charge in [-0.25, -0.2) is 0 Å². The van der Waals surface area contributed by atoms with Crippen LogP contribution in [0.25, 0.3) is 0 Å². The van der Waals surface area contributed by atoms with E-state index in [1.807, 2.05) is 35.6 Å². The largest absolute Gasteiger partial charge is 0.494 e. The van der Waals surface area contributed by atoms with Crippen molar-refractivity contribution >= 4 is 17.3 Å². The lowest BCUT2D eigenvalue weighted by Crippen LogP contribution is -2.17. The Morgan fingerprint density at radius 2 is 1.90 bits per heavy atom. The molecule has 0 aliphatic heterocycles. The first-order chi connectivity index (χ1) is 15.0. The van der Waals surface area contributed by atoms with Crippen molar-refractivity contribution in [3.63, 3.8) is 0 Å². The van der Waals surface area contributed by atoms with Crippen molar-refractivity contribution in [2.45, 2.75) is 45.6 Å². The van der Waals surface area contributed by atoms with Crippen LogP contribution in [0.15, 0.2) is 60.0 Å². The number of benzene rings is 2. The maximum absolute atomic E-state index is 10.5. The summed E-state index contributed by atoms with van der Waals surface area (Å²) in [6.07, 6.45) is 2.17. The summed E-state index contributed by atoms with van der Waals surface area (Å²) in [5.41, 5.74) is 5.17. The molecule has 0 saturated heterocycles. The van der Waals surface area contributed by atoms with Crippen molar-refractivity contribution < 1.29 is 14.6 Å². The fraction of sp³-hybridized carbons (Fsp3) is 0.346. The lowest BCUT2D eigenvalue weighted by molar-refractivity contribution is -0.136. The van der Waals surface area contributed by atoms with E-state index in [0.29, 0.717) is 25.6 Å². The number of nitrogens with one attached hydrogen (secondary N) is 1. The number of ether oxygens (including phenoxy) is 1. The standard InChI is InChI=1S/C26H31NO3S/c1-19-7-10-22(17-20(19)2)24(25-6-4-16-31-25)5-3-15-30-23-11-8-21(9-12-23)18-27-14-13-26(28)29/h4,6-12,16-17,24,27H,3,5,13-15,18H2,1-2H3,(H,28,29)/t24-/m1/s1. The van der Waals surface area contributed by atoms with Crippen LogP contribution < -0.4 is 10.1 Å². The predicted molar refractivity (Wildman–Crippen MR) is 127 cm³/mol. The van der Waals surface area contributed by atoms with Gasteiger partial charge in [-0.3, -0.25) is 4.79 Å². The molecule has 0 radical (unpaired) electrons. The van der Waals surface area contributed by atoms with Gasteiger partial charge in [0.15, 0.2) is 0 Å². The van der Waals surface area contributed by atoms with Gasteiger partial charge in [0.05, 0.1) is 13.0 Å². The van der Waals surface area contributed by atoms with Crippen LogP contribution in [-0.4, -0.2) is 24.2 Å². The average Bonchev–Trinajstić information content (AvgIpc) is 3.29. The van der Waals surface area contributed by atoms with Gasteiger partial charge in [0.25, 0.3) is 0 Å². The molecule has 0 aliphatic carbocycles. The van der Waals surface area contributed by atoms with Gasteiger partial charge in [0.2, 0.25) is 0 Å². The molecule has 3 rings (SSSR count). The van der Waals surface area contributed by atoms with E-state index in [1.54, 1.807) is 0 Å². The minimum atomic E-state index is -0.782. The van der Waals surface area contributed by atoms with E-state index < -0.39 is 5.97 Å². The van der Waals surface area contributed by atoms with Crippen molar-refractivity contribution in [2.24, 2.45) is 0 Å². The van der Waals surface area contributed by atoms with Gasteiger partial charge in [0, 0.05) is 23.9 Å². The molecule has 3 aromatic rings. The molecule has 0 spiro atoms. The fourth-order valence-electron chi connectivity index (χ4n) is 3.55. The third-order valence-electron chi connectivity index (χ3n) is 5.49. The molecule has 5 heteroatoms. The highest BCUT2D eigenvalue weighted by Crippen LogP contribution is 2.33. The molecule has 1 aromatic heterocycles. The summed E-state index contributed by atoms with van der Waals surface area (Å²) < 4.78 is 5.97. The smallest absolute Gasteiger partial charge is 0.304 e. The van der Waals surface area contributed by atoms with Crippen molar-refractivity contribution in [3.8, 4) is 5.75 Å². The Labute approximate surface area is 188 Å². The SMILES string of the molecule is Cc1ccc([C@@H](CCCOc2ccc(CNCCC(=O)O)cc2)c2cccs2)cc1C. The van der Waals surface area contributed by atoms with Gasteiger partial charge in [0.1, 0.15) is 5.75 Å². The summed E-state index contributed by atoms with van der Waals surface area (Å²) in [6.45, 7) is 6.15. The number of aryl methyl sites for hydroxylation is 2. The molecule has 2 aromatic carbocycles. The molecule has 31 heavy (non-hydrogen) atoms. The summed E-state index contributed by atoms with van der Waals surface area (Å²) in [5.74, 6) is 0.491. The van der Waals surface area contributed by atoms with Crippen LogP contribution in [0.4, 0.5) is 0 Å². The second-order valence-corrected chi connectivity index (χ2v) is 8.85. The molecule has 164 valence electrons. The number of carbonyl (C=O) groups is 1. The predicted octanol–water partition coefficient (Wildman–Crippen LogP) is 5.92. The van der Waals surface area contributed by atoms with Crippen LogP contribution >= 0.6 is 11.3 Å². The molecular formula is C26H31NO3S. The van der Waals surface area contributed by atoms with Crippen LogP contribution in [0, 0.1) is 13.8 Å². The minimum absolute atomic E-state index is 0.135. The van der Waals surface area contributed by atoms with Crippen LogP contribution in [-0.2, 0) is 11.3 Å². The van der Waals surface area contributed by atoms with E-state index in [2.05, 4.69) is 54.9 Å². The highest BCUT2D eigenvalue weighted by molar-refractivity contribution is 7.10. The lowest BCUT2D eigenvalue weighted by Gasteiger charge is -2.18. The summed E-state index contributed by atoms with van der Waals surface area (Å²) in [6, 6.07) is 19.2. The minimum Gasteiger partial charge on any atom is -0.494 e. The second-order valence-electron chi connectivity index (χ2n) is 7.87. The number of carboxylic acid groups (broad SMARTS) is 1. The Morgan fingerprint density at radius 3 is 2.58 bits per heavy atom. The first-order valence-corrected chi connectivity index (χ1v) is 11.7. The average molecular weight is 438 g/mol. The highest BCUT2D eigenvalue weighted by atomic mass is 32.1. The number of carboxylic acids is 1. The van der Waals surface area contributed by atoms with E-state index in [-0.39, 0.29) is 6.42 Å². The Bertz CT molecular complexity index is 951. The van der Waals surface area contributed by atoms with Gasteiger partial charge < -0.3 is 15.2 Å². The molecule has 1 atom stereocenters. The maximum Gasteiger partial charge on any atom is 0.304 e. The maximum atomic E-state index is 10.5. The Morgan fingerprint density at radius 1 is 1.10 bits per heavy atom. The summed E-state index contributed by atoms with van der Waals surface area (Å²) in [4.78, 5) is 11.9. The molecule has 0 bridgehead atoms. The Balaban J connectivity index is 1.48. The number of thiophene rings is 1. The molecule has 0 fully saturated rings. The second kappa shape index (κ2) is 11.7. The number of rotatable bonds is 12. The molecule has 0 unspecified atom stereocenters. The molecule has 0 aliphatic rings. The number of aliphatic carboxylic acids is 1.